The highest BCUT2D eigenvalue weighted by molar-refractivity contribution is 7.80. The summed E-state index contributed by atoms with van der Waals surface area (Å²) < 4.78 is 7.09. The maximum atomic E-state index is 12.1. The number of carbonyl (C=O) groups is 1. The van der Waals surface area contributed by atoms with E-state index < -0.39 is 0 Å². The number of nitrogens with zero attached hydrogens (tertiary/aromatic N) is 3. The number of carbonyl (C=O) groups excluding carboxylic acids is 1. The Hall–Kier alpha value is -3.19. The Morgan fingerprint density at radius 3 is 2.69 bits per heavy atom. The highest BCUT2D eigenvalue weighted by Crippen LogP contribution is 2.41. The zero-order chi connectivity index (χ0) is 22.8. The summed E-state index contributed by atoms with van der Waals surface area (Å²) in [5.41, 5.74) is 5.83. The molecule has 1 N–H and O–H groups in total. The van der Waals surface area contributed by atoms with Crippen LogP contribution in [0.15, 0.2) is 54.7 Å². The van der Waals surface area contributed by atoms with Crippen molar-refractivity contribution < 1.29 is 9.53 Å². The summed E-state index contributed by atoms with van der Waals surface area (Å²) in [5, 5.41) is 4.26. The van der Waals surface area contributed by atoms with Crippen LogP contribution in [0.4, 0.5) is 0 Å². The minimum Gasteiger partial charge on any atom is -0.465 e. The second-order valence-corrected chi connectivity index (χ2v) is 8.41. The van der Waals surface area contributed by atoms with Crippen molar-refractivity contribution in [3.63, 3.8) is 0 Å². The summed E-state index contributed by atoms with van der Waals surface area (Å²) >= 11 is 5.72. The molecule has 1 fully saturated rings. The van der Waals surface area contributed by atoms with Gasteiger partial charge in [0.25, 0.3) is 0 Å². The number of esters is 1. The Kier molecular flexibility index (Phi) is 6.28. The zero-order valence-electron chi connectivity index (χ0n) is 18.8. The van der Waals surface area contributed by atoms with Crippen LogP contribution >= 0.6 is 12.2 Å². The number of aryl methyl sites for hydroxylation is 1. The fourth-order valence-corrected chi connectivity index (χ4v) is 4.93. The Morgan fingerprint density at radius 2 is 2.00 bits per heavy atom. The molecule has 0 saturated carbocycles. The summed E-state index contributed by atoms with van der Waals surface area (Å²) in [5.74, 6) is -0.343. The lowest BCUT2D eigenvalue weighted by Gasteiger charge is -2.27. The number of nitrogens with one attached hydrogen (secondary N) is 1. The van der Waals surface area contributed by atoms with Crippen LogP contribution in [0, 0.1) is 13.8 Å². The second-order valence-electron chi connectivity index (χ2n) is 8.02. The van der Waals surface area contributed by atoms with Crippen LogP contribution in [0.5, 0.6) is 0 Å². The van der Waals surface area contributed by atoms with Crippen LogP contribution in [0.1, 0.15) is 58.4 Å². The van der Waals surface area contributed by atoms with Gasteiger partial charge < -0.3 is 19.5 Å². The van der Waals surface area contributed by atoms with E-state index in [0.29, 0.717) is 5.56 Å². The lowest BCUT2D eigenvalue weighted by molar-refractivity contribution is 0.0600. The van der Waals surface area contributed by atoms with Gasteiger partial charge in [-0.2, -0.15) is 0 Å². The third-order valence-electron chi connectivity index (χ3n) is 5.98. The molecule has 6 nitrogen and oxygen atoms in total. The highest BCUT2D eigenvalue weighted by atomic mass is 32.1. The molecular formula is C25H28N4O2S. The van der Waals surface area contributed by atoms with Crippen LogP contribution in [-0.4, -0.2) is 39.2 Å². The average molecular weight is 449 g/mol. The fraction of sp³-hybridized carbons (Fsp3) is 0.320. The van der Waals surface area contributed by atoms with Crippen molar-refractivity contribution in [1.82, 2.24) is 19.8 Å². The summed E-state index contributed by atoms with van der Waals surface area (Å²) in [4.78, 5) is 18.9. The Labute approximate surface area is 194 Å². The van der Waals surface area contributed by atoms with Crippen molar-refractivity contribution in [2.75, 3.05) is 13.7 Å². The Morgan fingerprint density at radius 1 is 1.19 bits per heavy atom. The molecule has 1 saturated heterocycles. The summed E-state index contributed by atoms with van der Waals surface area (Å²) in [7, 11) is 1.40. The lowest BCUT2D eigenvalue weighted by Crippen LogP contribution is -2.30. The first kappa shape index (κ1) is 22.0. The number of hydrogen-bond donors (Lipinski definition) is 1. The molecule has 3 aromatic rings. The molecule has 0 amide bonds. The first-order valence-electron chi connectivity index (χ1n) is 10.8. The van der Waals surface area contributed by atoms with E-state index in [4.69, 9.17) is 17.0 Å². The van der Waals surface area contributed by atoms with Gasteiger partial charge in [-0.25, -0.2) is 4.79 Å². The number of ether oxygens (including phenoxy) is 1. The van der Waals surface area contributed by atoms with Gasteiger partial charge in [0, 0.05) is 29.8 Å². The smallest absolute Gasteiger partial charge is 0.337 e. The molecule has 7 heteroatoms. The van der Waals surface area contributed by atoms with Gasteiger partial charge in [0.05, 0.1) is 30.5 Å². The van der Waals surface area contributed by atoms with Crippen LogP contribution < -0.4 is 5.32 Å². The van der Waals surface area contributed by atoms with Crippen LogP contribution in [-0.2, 0) is 4.74 Å². The minimum absolute atomic E-state index is 0.0288. The van der Waals surface area contributed by atoms with Crippen molar-refractivity contribution in [1.29, 1.82) is 0 Å². The molecule has 0 unspecified atom stereocenters. The van der Waals surface area contributed by atoms with E-state index in [1.54, 1.807) is 6.07 Å². The number of pyridine rings is 1. The number of thiocarbonyl (C=S) groups is 1. The van der Waals surface area contributed by atoms with E-state index in [0.717, 1.165) is 40.8 Å². The number of methoxy groups -OCH3 is 1. The molecule has 0 bridgehead atoms. The molecule has 0 radical (unpaired) electrons. The molecule has 1 aliphatic rings. The van der Waals surface area contributed by atoms with Crippen LogP contribution in [0.2, 0.25) is 0 Å². The molecule has 166 valence electrons. The highest BCUT2D eigenvalue weighted by Gasteiger charge is 2.40. The Balaban J connectivity index is 1.82. The van der Waals surface area contributed by atoms with E-state index >= 15 is 0 Å². The van der Waals surface area contributed by atoms with Gasteiger partial charge in [-0.05, 0) is 74.4 Å². The van der Waals surface area contributed by atoms with Crippen molar-refractivity contribution in [3.05, 3.63) is 82.9 Å². The topological polar surface area (TPSA) is 59.4 Å². The molecule has 2 atom stereocenters. The van der Waals surface area contributed by atoms with Crippen LogP contribution in [0.25, 0.3) is 5.69 Å². The molecule has 0 spiro atoms. The maximum Gasteiger partial charge on any atom is 0.337 e. The molecule has 32 heavy (non-hydrogen) atoms. The first-order valence-corrected chi connectivity index (χ1v) is 11.2. The molecule has 1 aliphatic heterocycles. The summed E-state index contributed by atoms with van der Waals surface area (Å²) in [6.07, 6.45) is 2.81. The second kappa shape index (κ2) is 9.12. The van der Waals surface area contributed by atoms with Gasteiger partial charge in [-0.15, -0.1) is 0 Å². The van der Waals surface area contributed by atoms with E-state index in [-0.39, 0.29) is 18.1 Å². The molecule has 0 aliphatic carbocycles. The van der Waals surface area contributed by atoms with Gasteiger partial charge in [0.1, 0.15) is 0 Å². The molecule has 4 rings (SSSR count). The van der Waals surface area contributed by atoms with E-state index in [1.165, 1.54) is 12.7 Å². The molecule has 2 aromatic heterocycles. The predicted molar refractivity (Wildman–Crippen MR) is 129 cm³/mol. The fourth-order valence-electron chi connectivity index (χ4n) is 4.60. The average Bonchev–Trinajstić information content (AvgIpc) is 3.29. The third-order valence-corrected chi connectivity index (χ3v) is 6.33. The number of rotatable bonds is 6. The summed E-state index contributed by atoms with van der Waals surface area (Å²) in [6, 6.07) is 15.7. The van der Waals surface area contributed by atoms with E-state index in [2.05, 4.69) is 46.6 Å². The van der Waals surface area contributed by atoms with Gasteiger partial charge >= 0.3 is 5.97 Å². The monoisotopic (exact) mass is 448 g/mol. The summed E-state index contributed by atoms with van der Waals surface area (Å²) in [6.45, 7) is 7.23. The normalized spacial score (nSPS) is 18.0. The van der Waals surface area contributed by atoms with Gasteiger partial charge in [0.15, 0.2) is 5.11 Å². The van der Waals surface area contributed by atoms with Crippen molar-refractivity contribution in [2.45, 2.75) is 39.3 Å². The van der Waals surface area contributed by atoms with Gasteiger partial charge in [0.2, 0.25) is 0 Å². The Bertz CT molecular complexity index is 1140. The largest absolute Gasteiger partial charge is 0.465 e. The standard InChI is InChI=1S/C25H28N4O2S/c1-5-13-28-23(22(27-25(28)32)21-11-6-7-12-26-21)20-14-16(2)29(17(20)3)19-10-8-9-18(15-19)24(30)31-4/h6-12,14-15,22-23H,5,13H2,1-4H3,(H,27,32)/t22-,23-/m1/s1. The van der Waals surface area contributed by atoms with Crippen molar-refractivity contribution >= 4 is 23.3 Å². The van der Waals surface area contributed by atoms with E-state index in [9.17, 15) is 4.79 Å². The third kappa shape index (κ3) is 3.88. The van der Waals surface area contributed by atoms with Crippen molar-refractivity contribution in [3.8, 4) is 5.69 Å². The maximum absolute atomic E-state index is 12.1. The quantitative estimate of drug-likeness (QED) is 0.437. The van der Waals surface area contributed by atoms with E-state index in [1.807, 2.05) is 42.6 Å². The van der Waals surface area contributed by atoms with Crippen LogP contribution in [0.3, 0.4) is 0 Å². The number of hydrogen-bond acceptors (Lipinski definition) is 4. The predicted octanol–water partition coefficient (Wildman–Crippen LogP) is 4.66. The number of benzene rings is 1. The minimum atomic E-state index is -0.343. The lowest BCUT2D eigenvalue weighted by atomic mass is 9.96. The number of aromatic nitrogens is 2. The molecular weight excluding hydrogens is 420 g/mol. The SMILES string of the molecule is CCCN1C(=S)N[C@H](c2ccccn2)[C@H]1c1cc(C)n(-c2cccc(C(=O)OC)c2)c1C. The molecule has 1 aromatic carbocycles. The van der Waals surface area contributed by atoms with Gasteiger partial charge in [-0.3, -0.25) is 4.98 Å². The van der Waals surface area contributed by atoms with Crippen molar-refractivity contribution in [2.24, 2.45) is 0 Å². The molecule has 3 heterocycles. The van der Waals surface area contributed by atoms with Gasteiger partial charge in [-0.1, -0.05) is 19.1 Å². The first-order chi connectivity index (χ1) is 15.5. The zero-order valence-corrected chi connectivity index (χ0v) is 19.6.